The highest BCUT2D eigenvalue weighted by Crippen LogP contribution is 1.99. The molecular weight excluding hydrogens is 234 g/mol. The molecule has 0 aromatic carbocycles. The minimum atomic E-state index is -0.0833. The molecule has 0 bridgehead atoms. The maximum absolute atomic E-state index is 11.4. The maximum Gasteiger partial charge on any atom is 0.254 e. The van der Waals surface area contributed by atoms with Crippen molar-refractivity contribution in [2.24, 2.45) is 0 Å². The normalized spacial score (nSPS) is 12.5. The predicted octanol–water partition coefficient (Wildman–Crippen LogP) is 1.31. The molecule has 1 atom stereocenters. The monoisotopic (exact) mass is 245 g/mol. The first-order chi connectivity index (χ1) is 6.27. The van der Waals surface area contributed by atoms with Gasteiger partial charge in [0.25, 0.3) is 5.91 Å². The molecule has 0 saturated heterocycles. The summed E-state index contributed by atoms with van der Waals surface area (Å²) in [5.41, 5.74) is 0.569. The summed E-state index contributed by atoms with van der Waals surface area (Å²) in [5, 5.41) is 9.95. The van der Waals surface area contributed by atoms with E-state index in [-0.39, 0.29) is 11.9 Å². The highest BCUT2D eigenvalue weighted by molar-refractivity contribution is 9.09. The summed E-state index contributed by atoms with van der Waals surface area (Å²) in [6.45, 7) is 2.03. The molecule has 0 radical (unpaired) electrons. The Morgan fingerprint density at radius 3 is 3.08 bits per heavy atom. The van der Waals surface area contributed by atoms with E-state index in [2.05, 4.69) is 31.4 Å². The number of carbonyl (C=O) groups excluding carboxylic acids is 1. The minimum absolute atomic E-state index is 0.0833. The summed E-state index contributed by atoms with van der Waals surface area (Å²) in [4.78, 5) is 11.4. The molecule has 5 heteroatoms. The molecule has 13 heavy (non-hydrogen) atoms. The lowest BCUT2D eigenvalue weighted by molar-refractivity contribution is 0.0940. The van der Waals surface area contributed by atoms with Gasteiger partial charge >= 0.3 is 0 Å². The third kappa shape index (κ3) is 2.84. The summed E-state index contributed by atoms with van der Waals surface area (Å²) >= 11 is 3.33. The number of hydrogen-bond acceptors (Lipinski definition) is 2. The molecule has 1 aromatic rings. The third-order valence-corrected chi connectivity index (χ3v) is 2.56. The van der Waals surface area contributed by atoms with Crippen LogP contribution < -0.4 is 5.32 Å². The molecule has 1 heterocycles. The number of H-pyrrole nitrogens is 1. The van der Waals surface area contributed by atoms with Gasteiger partial charge in [0.2, 0.25) is 0 Å². The summed E-state index contributed by atoms with van der Waals surface area (Å²) in [7, 11) is 0. The van der Waals surface area contributed by atoms with Crippen molar-refractivity contribution in [3.63, 3.8) is 0 Å². The van der Waals surface area contributed by atoms with Crippen LogP contribution in [0.15, 0.2) is 12.4 Å². The second-order valence-electron chi connectivity index (χ2n) is 2.72. The number of amides is 1. The number of nitrogens with zero attached hydrogens (tertiary/aromatic N) is 1. The molecule has 72 valence electrons. The van der Waals surface area contributed by atoms with Crippen LogP contribution in [0.25, 0.3) is 0 Å². The molecule has 0 aliphatic carbocycles. The fraction of sp³-hybridized carbons (Fsp3) is 0.500. The zero-order chi connectivity index (χ0) is 9.68. The lowest BCUT2D eigenvalue weighted by Gasteiger charge is -2.12. The molecular formula is C8H12BrN3O. The standard InChI is InChI=1S/C8H12BrN3O/c1-2-7(3-9)12-8(13)6-4-10-11-5-6/h4-5,7H,2-3H2,1H3,(H,10,11)(H,12,13). The van der Waals surface area contributed by atoms with E-state index in [1.54, 1.807) is 6.20 Å². The van der Waals surface area contributed by atoms with Crippen LogP contribution in [0.5, 0.6) is 0 Å². The molecule has 1 amide bonds. The molecule has 0 spiro atoms. The first kappa shape index (κ1) is 10.2. The summed E-state index contributed by atoms with van der Waals surface area (Å²) in [6, 6.07) is 0.183. The van der Waals surface area contributed by atoms with Gasteiger partial charge in [0.1, 0.15) is 0 Å². The Labute approximate surface area is 85.2 Å². The van der Waals surface area contributed by atoms with Crippen LogP contribution in [-0.4, -0.2) is 27.5 Å². The van der Waals surface area contributed by atoms with Gasteiger partial charge < -0.3 is 5.32 Å². The van der Waals surface area contributed by atoms with Crippen LogP contribution >= 0.6 is 15.9 Å². The van der Waals surface area contributed by atoms with E-state index >= 15 is 0 Å². The number of rotatable bonds is 4. The van der Waals surface area contributed by atoms with Gasteiger partial charge in [-0.1, -0.05) is 22.9 Å². The van der Waals surface area contributed by atoms with Crippen LogP contribution in [0.4, 0.5) is 0 Å². The van der Waals surface area contributed by atoms with Crippen molar-refractivity contribution in [3.8, 4) is 0 Å². The number of carbonyl (C=O) groups is 1. The summed E-state index contributed by atoms with van der Waals surface area (Å²) in [6.07, 6.45) is 4.00. The van der Waals surface area contributed by atoms with Crippen molar-refractivity contribution in [1.82, 2.24) is 15.5 Å². The lowest BCUT2D eigenvalue weighted by Crippen LogP contribution is -2.35. The largest absolute Gasteiger partial charge is 0.348 e. The van der Waals surface area contributed by atoms with E-state index in [0.29, 0.717) is 5.56 Å². The van der Waals surface area contributed by atoms with Crippen LogP contribution in [-0.2, 0) is 0 Å². The van der Waals surface area contributed by atoms with Gasteiger partial charge in [0, 0.05) is 17.6 Å². The van der Waals surface area contributed by atoms with Crippen LogP contribution in [0.2, 0.25) is 0 Å². The van der Waals surface area contributed by atoms with Crippen molar-refractivity contribution in [3.05, 3.63) is 18.0 Å². The molecule has 2 N–H and O–H groups in total. The smallest absolute Gasteiger partial charge is 0.254 e. The Hall–Kier alpha value is -0.840. The van der Waals surface area contributed by atoms with E-state index in [1.165, 1.54) is 6.20 Å². The van der Waals surface area contributed by atoms with Gasteiger partial charge in [-0.3, -0.25) is 9.89 Å². The first-order valence-corrected chi connectivity index (χ1v) is 5.25. The van der Waals surface area contributed by atoms with Crippen molar-refractivity contribution >= 4 is 21.8 Å². The summed E-state index contributed by atoms with van der Waals surface area (Å²) in [5.74, 6) is -0.0833. The Morgan fingerprint density at radius 1 is 1.85 bits per heavy atom. The fourth-order valence-corrected chi connectivity index (χ4v) is 1.51. The average molecular weight is 246 g/mol. The highest BCUT2D eigenvalue weighted by atomic mass is 79.9. The lowest BCUT2D eigenvalue weighted by atomic mass is 10.2. The van der Waals surface area contributed by atoms with Gasteiger partial charge in [0.05, 0.1) is 11.8 Å². The van der Waals surface area contributed by atoms with E-state index in [4.69, 9.17) is 0 Å². The molecule has 0 saturated carbocycles. The van der Waals surface area contributed by atoms with Crippen molar-refractivity contribution < 1.29 is 4.79 Å². The van der Waals surface area contributed by atoms with Gasteiger partial charge in [-0.15, -0.1) is 0 Å². The topological polar surface area (TPSA) is 57.8 Å². The summed E-state index contributed by atoms with van der Waals surface area (Å²) < 4.78 is 0. The second-order valence-corrected chi connectivity index (χ2v) is 3.37. The SMILES string of the molecule is CCC(CBr)NC(=O)c1cn[nH]c1. The number of aromatic amines is 1. The first-order valence-electron chi connectivity index (χ1n) is 4.13. The van der Waals surface area contributed by atoms with E-state index < -0.39 is 0 Å². The number of hydrogen-bond donors (Lipinski definition) is 2. The maximum atomic E-state index is 11.4. The number of nitrogens with one attached hydrogen (secondary N) is 2. The van der Waals surface area contributed by atoms with Gasteiger partial charge in [-0.05, 0) is 6.42 Å². The molecule has 0 fully saturated rings. The molecule has 0 aliphatic heterocycles. The fourth-order valence-electron chi connectivity index (χ4n) is 0.894. The third-order valence-electron chi connectivity index (χ3n) is 1.77. The van der Waals surface area contributed by atoms with Gasteiger partial charge in [-0.2, -0.15) is 5.10 Å². The number of aromatic nitrogens is 2. The number of alkyl halides is 1. The molecule has 0 aliphatic rings. The Balaban J connectivity index is 2.50. The molecule has 1 rings (SSSR count). The Morgan fingerprint density at radius 2 is 2.62 bits per heavy atom. The van der Waals surface area contributed by atoms with Crippen LogP contribution in [0, 0.1) is 0 Å². The Kier molecular flexibility index (Phi) is 3.95. The molecule has 4 nitrogen and oxygen atoms in total. The van der Waals surface area contributed by atoms with E-state index in [0.717, 1.165) is 11.8 Å². The molecule has 1 aromatic heterocycles. The zero-order valence-electron chi connectivity index (χ0n) is 7.38. The number of halogens is 1. The van der Waals surface area contributed by atoms with Crippen LogP contribution in [0.1, 0.15) is 23.7 Å². The van der Waals surface area contributed by atoms with E-state index in [9.17, 15) is 4.79 Å². The highest BCUT2D eigenvalue weighted by Gasteiger charge is 2.11. The average Bonchev–Trinajstić information content (AvgIpc) is 2.66. The van der Waals surface area contributed by atoms with Crippen LogP contribution in [0.3, 0.4) is 0 Å². The molecule has 1 unspecified atom stereocenters. The quantitative estimate of drug-likeness (QED) is 0.787. The van der Waals surface area contributed by atoms with Gasteiger partial charge in [0.15, 0.2) is 0 Å². The van der Waals surface area contributed by atoms with Gasteiger partial charge in [-0.25, -0.2) is 0 Å². The van der Waals surface area contributed by atoms with Crippen molar-refractivity contribution in [1.29, 1.82) is 0 Å². The minimum Gasteiger partial charge on any atom is -0.348 e. The van der Waals surface area contributed by atoms with Crippen molar-refractivity contribution in [2.45, 2.75) is 19.4 Å². The zero-order valence-corrected chi connectivity index (χ0v) is 8.97. The van der Waals surface area contributed by atoms with E-state index in [1.807, 2.05) is 6.92 Å². The Bertz CT molecular complexity index is 256. The predicted molar refractivity (Wildman–Crippen MR) is 53.9 cm³/mol. The van der Waals surface area contributed by atoms with Crippen molar-refractivity contribution in [2.75, 3.05) is 5.33 Å². The second kappa shape index (κ2) is 5.01.